The predicted octanol–water partition coefficient (Wildman–Crippen LogP) is 1.62. The SMILES string of the molecule is CCOC(=O)CC(=O)Nc1cc2c(cc1C)OCO2. The van der Waals surface area contributed by atoms with Gasteiger partial charge in [0, 0.05) is 11.8 Å². The summed E-state index contributed by atoms with van der Waals surface area (Å²) in [6.45, 7) is 3.96. The van der Waals surface area contributed by atoms with Gasteiger partial charge < -0.3 is 19.5 Å². The van der Waals surface area contributed by atoms with Crippen LogP contribution < -0.4 is 14.8 Å². The number of rotatable bonds is 4. The van der Waals surface area contributed by atoms with Gasteiger partial charge in [-0.3, -0.25) is 9.59 Å². The molecule has 1 aromatic carbocycles. The van der Waals surface area contributed by atoms with Crippen molar-refractivity contribution in [2.45, 2.75) is 20.3 Å². The summed E-state index contributed by atoms with van der Waals surface area (Å²) >= 11 is 0. The number of benzene rings is 1. The van der Waals surface area contributed by atoms with Crippen LogP contribution in [-0.4, -0.2) is 25.3 Å². The second kappa shape index (κ2) is 5.60. The Bertz CT molecular complexity index is 512. The average molecular weight is 265 g/mol. The third-order valence-electron chi connectivity index (χ3n) is 2.60. The highest BCUT2D eigenvalue weighted by atomic mass is 16.7. The van der Waals surface area contributed by atoms with Crippen LogP contribution in [0.4, 0.5) is 5.69 Å². The highest BCUT2D eigenvalue weighted by Gasteiger charge is 2.17. The fraction of sp³-hybridized carbons (Fsp3) is 0.385. The smallest absolute Gasteiger partial charge is 0.315 e. The summed E-state index contributed by atoms with van der Waals surface area (Å²) in [5.41, 5.74) is 1.43. The summed E-state index contributed by atoms with van der Waals surface area (Å²) in [4.78, 5) is 22.9. The van der Waals surface area contributed by atoms with E-state index >= 15 is 0 Å². The minimum Gasteiger partial charge on any atom is -0.466 e. The molecular formula is C13H15NO5. The van der Waals surface area contributed by atoms with Crippen LogP contribution in [0.25, 0.3) is 0 Å². The molecule has 0 bridgehead atoms. The van der Waals surface area contributed by atoms with Crippen LogP contribution in [0.2, 0.25) is 0 Å². The Morgan fingerprint density at radius 1 is 1.32 bits per heavy atom. The molecule has 102 valence electrons. The van der Waals surface area contributed by atoms with E-state index in [0.29, 0.717) is 17.2 Å². The number of hydrogen-bond acceptors (Lipinski definition) is 5. The first-order valence-electron chi connectivity index (χ1n) is 5.96. The van der Waals surface area contributed by atoms with Gasteiger partial charge in [0.25, 0.3) is 0 Å². The van der Waals surface area contributed by atoms with Crippen molar-refractivity contribution in [3.63, 3.8) is 0 Å². The minimum absolute atomic E-state index is 0.176. The standard InChI is InChI=1S/C13H15NO5/c1-3-17-13(16)6-12(15)14-9-5-11-10(4-8(9)2)18-7-19-11/h4-5H,3,6-7H2,1-2H3,(H,14,15). The van der Waals surface area contributed by atoms with Crippen molar-refractivity contribution in [2.75, 3.05) is 18.7 Å². The van der Waals surface area contributed by atoms with Crippen molar-refractivity contribution in [1.29, 1.82) is 0 Å². The first-order valence-corrected chi connectivity index (χ1v) is 5.96. The summed E-state index contributed by atoms with van der Waals surface area (Å²) in [7, 11) is 0. The van der Waals surface area contributed by atoms with Crippen molar-refractivity contribution < 1.29 is 23.8 Å². The quantitative estimate of drug-likeness (QED) is 0.661. The zero-order chi connectivity index (χ0) is 13.8. The van der Waals surface area contributed by atoms with E-state index in [9.17, 15) is 9.59 Å². The van der Waals surface area contributed by atoms with Crippen LogP contribution in [0.15, 0.2) is 12.1 Å². The van der Waals surface area contributed by atoms with E-state index in [-0.39, 0.29) is 19.8 Å². The molecule has 1 N–H and O–H groups in total. The van der Waals surface area contributed by atoms with Crippen molar-refractivity contribution in [1.82, 2.24) is 0 Å². The fourth-order valence-corrected chi connectivity index (χ4v) is 1.72. The number of hydrogen-bond donors (Lipinski definition) is 1. The molecule has 0 spiro atoms. The summed E-state index contributed by atoms with van der Waals surface area (Å²) in [6.07, 6.45) is -0.304. The van der Waals surface area contributed by atoms with Gasteiger partial charge in [0.2, 0.25) is 12.7 Å². The maximum Gasteiger partial charge on any atom is 0.315 e. The first kappa shape index (κ1) is 13.2. The van der Waals surface area contributed by atoms with Gasteiger partial charge in [-0.1, -0.05) is 0 Å². The number of anilines is 1. The van der Waals surface area contributed by atoms with Crippen LogP contribution in [0.3, 0.4) is 0 Å². The van der Waals surface area contributed by atoms with E-state index in [0.717, 1.165) is 5.56 Å². The molecular weight excluding hydrogens is 250 g/mol. The normalized spacial score (nSPS) is 12.1. The predicted molar refractivity (Wildman–Crippen MR) is 67.2 cm³/mol. The molecule has 6 nitrogen and oxygen atoms in total. The summed E-state index contributed by atoms with van der Waals surface area (Å²) in [6, 6.07) is 3.46. The number of nitrogens with one attached hydrogen (secondary N) is 1. The largest absolute Gasteiger partial charge is 0.466 e. The van der Waals surface area contributed by atoms with Gasteiger partial charge in [-0.15, -0.1) is 0 Å². The molecule has 1 aromatic rings. The Morgan fingerprint density at radius 3 is 2.68 bits per heavy atom. The van der Waals surface area contributed by atoms with Crippen molar-refractivity contribution >= 4 is 17.6 Å². The highest BCUT2D eigenvalue weighted by Crippen LogP contribution is 2.36. The Balaban J connectivity index is 2.03. The lowest BCUT2D eigenvalue weighted by Gasteiger charge is -2.09. The van der Waals surface area contributed by atoms with Gasteiger partial charge in [0.05, 0.1) is 6.61 Å². The number of carbonyl (C=O) groups excluding carboxylic acids is 2. The Morgan fingerprint density at radius 2 is 2.00 bits per heavy atom. The van der Waals surface area contributed by atoms with Crippen LogP contribution in [0.5, 0.6) is 11.5 Å². The maximum absolute atomic E-state index is 11.7. The number of esters is 1. The Labute approximate surface area is 110 Å². The molecule has 0 unspecified atom stereocenters. The molecule has 0 radical (unpaired) electrons. The van der Waals surface area contributed by atoms with Gasteiger partial charge in [-0.05, 0) is 25.5 Å². The number of carbonyl (C=O) groups is 2. The molecule has 0 aromatic heterocycles. The first-order chi connectivity index (χ1) is 9.10. The third kappa shape index (κ3) is 3.15. The minimum atomic E-state index is -0.543. The molecule has 0 atom stereocenters. The van der Waals surface area contributed by atoms with E-state index in [1.165, 1.54) is 0 Å². The van der Waals surface area contributed by atoms with E-state index < -0.39 is 11.9 Å². The van der Waals surface area contributed by atoms with Crippen molar-refractivity contribution in [2.24, 2.45) is 0 Å². The Hall–Kier alpha value is -2.24. The number of amides is 1. The zero-order valence-electron chi connectivity index (χ0n) is 10.8. The van der Waals surface area contributed by atoms with Crippen LogP contribution in [-0.2, 0) is 14.3 Å². The number of fused-ring (bicyclic) bond motifs is 1. The zero-order valence-corrected chi connectivity index (χ0v) is 10.8. The van der Waals surface area contributed by atoms with Gasteiger partial charge in [-0.25, -0.2) is 0 Å². The second-order valence-electron chi connectivity index (χ2n) is 4.05. The Kier molecular flexibility index (Phi) is 3.89. The van der Waals surface area contributed by atoms with Crippen LogP contribution >= 0.6 is 0 Å². The van der Waals surface area contributed by atoms with Crippen molar-refractivity contribution in [3.8, 4) is 11.5 Å². The van der Waals surface area contributed by atoms with E-state index in [1.54, 1.807) is 19.1 Å². The third-order valence-corrected chi connectivity index (χ3v) is 2.60. The molecule has 1 heterocycles. The fourth-order valence-electron chi connectivity index (χ4n) is 1.72. The van der Waals surface area contributed by atoms with E-state index in [2.05, 4.69) is 5.32 Å². The summed E-state index contributed by atoms with van der Waals surface area (Å²) in [5, 5.41) is 2.65. The molecule has 0 saturated carbocycles. The van der Waals surface area contributed by atoms with Gasteiger partial charge in [0.15, 0.2) is 11.5 Å². The lowest BCUT2D eigenvalue weighted by molar-refractivity contribution is -0.145. The average Bonchev–Trinajstić information content (AvgIpc) is 2.76. The number of ether oxygens (including phenoxy) is 3. The molecule has 0 fully saturated rings. The maximum atomic E-state index is 11.7. The molecule has 1 aliphatic heterocycles. The van der Waals surface area contributed by atoms with Gasteiger partial charge in [0.1, 0.15) is 6.42 Å². The monoisotopic (exact) mass is 265 g/mol. The van der Waals surface area contributed by atoms with Crippen molar-refractivity contribution in [3.05, 3.63) is 17.7 Å². The van der Waals surface area contributed by atoms with Gasteiger partial charge in [-0.2, -0.15) is 0 Å². The number of aryl methyl sites for hydroxylation is 1. The van der Waals surface area contributed by atoms with E-state index in [1.807, 2.05) is 6.92 Å². The van der Waals surface area contributed by atoms with Gasteiger partial charge >= 0.3 is 5.97 Å². The molecule has 19 heavy (non-hydrogen) atoms. The van der Waals surface area contributed by atoms with Crippen LogP contribution in [0.1, 0.15) is 18.9 Å². The van der Waals surface area contributed by atoms with Crippen LogP contribution in [0, 0.1) is 6.92 Å². The summed E-state index contributed by atoms with van der Waals surface area (Å²) < 4.78 is 15.2. The molecule has 1 amide bonds. The lowest BCUT2D eigenvalue weighted by Crippen LogP contribution is -2.18. The topological polar surface area (TPSA) is 73.9 Å². The lowest BCUT2D eigenvalue weighted by atomic mass is 10.1. The molecule has 0 saturated heterocycles. The highest BCUT2D eigenvalue weighted by molar-refractivity contribution is 6.02. The molecule has 1 aliphatic rings. The molecule has 2 rings (SSSR count). The molecule has 6 heteroatoms. The molecule has 0 aliphatic carbocycles. The second-order valence-corrected chi connectivity index (χ2v) is 4.05. The summed E-state index contributed by atoms with van der Waals surface area (Å²) in [5.74, 6) is 0.275. The van der Waals surface area contributed by atoms with E-state index in [4.69, 9.17) is 14.2 Å².